The minimum atomic E-state index is -0.508. The van der Waals surface area contributed by atoms with E-state index in [9.17, 15) is 9.18 Å². The zero-order valence-electron chi connectivity index (χ0n) is 13.7. The van der Waals surface area contributed by atoms with Gasteiger partial charge in [-0.15, -0.1) is 0 Å². The van der Waals surface area contributed by atoms with Crippen LogP contribution in [0.4, 0.5) is 32.3 Å². The molecule has 3 rings (SSSR count). The Balaban J connectivity index is 2.08. The van der Waals surface area contributed by atoms with E-state index in [1.807, 2.05) is 13.8 Å². The number of nitrogens with zero attached hydrogens (tertiary/aromatic N) is 4. The smallest absolute Gasteiger partial charge is 0.330 e. The standard InChI is InChI=1S/C16H19FN6O/c1-9(2)23-14-10(7-20-15(19-3)21-14)8-22(16(23)24)11-4-5-12(17)13(18)6-11/h4-7,9H,8,18H2,1-3H3,(H,19,20,21). The lowest BCUT2D eigenvalue weighted by molar-refractivity contribution is 0.248. The number of anilines is 4. The Morgan fingerprint density at radius 2 is 2.12 bits per heavy atom. The molecule has 0 aliphatic carbocycles. The summed E-state index contributed by atoms with van der Waals surface area (Å²) in [6, 6.07) is 3.92. The molecule has 1 aromatic carbocycles. The summed E-state index contributed by atoms with van der Waals surface area (Å²) in [5, 5.41) is 2.88. The fourth-order valence-corrected chi connectivity index (χ4v) is 2.66. The Bertz CT molecular complexity index is 794. The number of nitrogen functional groups attached to an aromatic ring is 1. The van der Waals surface area contributed by atoms with Gasteiger partial charge in [0.1, 0.15) is 11.6 Å². The van der Waals surface area contributed by atoms with Gasteiger partial charge in [-0.2, -0.15) is 4.98 Å². The van der Waals surface area contributed by atoms with E-state index in [1.54, 1.807) is 23.0 Å². The molecule has 2 aromatic rings. The van der Waals surface area contributed by atoms with Crippen LogP contribution < -0.4 is 20.9 Å². The number of hydrogen-bond acceptors (Lipinski definition) is 5. The maximum Gasteiger partial charge on any atom is 0.330 e. The first-order valence-corrected chi connectivity index (χ1v) is 7.61. The Morgan fingerprint density at radius 1 is 1.38 bits per heavy atom. The normalized spacial score (nSPS) is 14.1. The van der Waals surface area contributed by atoms with E-state index >= 15 is 0 Å². The molecule has 1 aromatic heterocycles. The molecule has 126 valence electrons. The maximum atomic E-state index is 13.4. The molecule has 0 radical (unpaired) electrons. The molecule has 0 saturated carbocycles. The molecular formula is C16H19FN6O. The van der Waals surface area contributed by atoms with Crippen LogP contribution in [0, 0.1) is 5.82 Å². The highest BCUT2D eigenvalue weighted by Gasteiger charge is 2.34. The zero-order valence-corrected chi connectivity index (χ0v) is 13.7. The van der Waals surface area contributed by atoms with Gasteiger partial charge in [-0.05, 0) is 32.0 Å². The molecule has 0 fully saturated rings. The highest BCUT2D eigenvalue weighted by Crippen LogP contribution is 2.33. The van der Waals surface area contributed by atoms with Crippen molar-refractivity contribution in [2.24, 2.45) is 0 Å². The maximum absolute atomic E-state index is 13.4. The minimum Gasteiger partial charge on any atom is -0.396 e. The Morgan fingerprint density at radius 3 is 2.75 bits per heavy atom. The van der Waals surface area contributed by atoms with Crippen molar-refractivity contribution in [3.8, 4) is 0 Å². The first kappa shape index (κ1) is 16.0. The molecule has 7 nitrogen and oxygen atoms in total. The van der Waals surface area contributed by atoms with Crippen molar-refractivity contribution in [3.63, 3.8) is 0 Å². The van der Waals surface area contributed by atoms with Gasteiger partial charge in [0.25, 0.3) is 0 Å². The second-order valence-electron chi connectivity index (χ2n) is 5.83. The SMILES string of the molecule is CNc1ncc2c(n1)N(C(C)C)C(=O)N(c1ccc(F)c(N)c1)C2. The second-order valence-corrected chi connectivity index (χ2v) is 5.83. The average Bonchev–Trinajstić information content (AvgIpc) is 2.56. The number of carbonyl (C=O) groups excluding carboxylic acids is 1. The summed E-state index contributed by atoms with van der Waals surface area (Å²) in [6.07, 6.45) is 1.69. The third-order valence-electron chi connectivity index (χ3n) is 3.87. The lowest BCUT2D eigenvalue weighted by Crippen LogP contribution is -2.51. The quantitative estimate of drug-likeness (QED) is 0.845. The minimum absolute atomic E-state index is 0.00368. The lowest BCUT2D eigenvalue weighted by Gasteiger charge is -2.38. The van der Waals surface area contributed by atoms with Gasteiger partial charge in [-0.1, -0.05) is 0 Å². The second kappa shape index (κ2) is 5.95. The molecular weight excluding hydrogens is 311 g/mol. The van der Waals surface area contributed by atoms with E-state index in [0.717, 1.165) is 5.56 Å². The van der Waals surface area contributed by atoms with Crippen molar-refractivity contribution in [3.05, 3.63) is 35.8 Å². The summed E-state index contributed by atoms with van der Waals surface area (Å²) in [7, 11) is 1.72. The topological polar surface area (TPSA) is 87.4 Å². The number of rotatable bonds is 3. The van der Waals surface area contributed by atoms with Gasteiger partial charge in [-0.3, -0.25) is 9.80 Å². The van der Waals surface area contributed by atoms with Gasteiger partial charge in [0.15, 0.2) is 0 Å². The van der Waals surface area contributed by atoms with E-state index in [-0.39, 0.29) is 17.8 Å². The number of halogens is 1. The van der Waals surface area contributed by atoms with E-state index in [0.29, 0.717) is 24.0 Å². The number of hydrogen-bond donors (Lipinski definition) is 2. The largest absolute Gasteiger partial charge is 0.396 e. The number of urea groups is 1. The van der Waals surface area contributed by atoms with Gasteiger partial charge in [0, 0.05) is 30.5 Å². The summed E-state index contributed by atoms with van der Waals surface area (Å²) in [4.78, 5) is 24.7. The van der Waals surface area contributed by atoms with E-state index < -0.39 is 5.82 Å². The zero-order chi connectivity index (χ0) is 17.4. The Kier molecular flexibility index (Phi) is 3.96. The molecule has 2 heterocycles. The Hall–Kier alpha value is -2.90. The van der Waals surface area contributed by atoms with Crippen molar-refractivity contribution in [1.82, 2.24) is 9.97 Å². The molecule has 1 aliphatic rings. The van der Waals surface area contributed by atoms with Gasteiger partial charge >= 0.3 is 6.03 Å². The summed E-state index contributed by atoms with van der Waals surface area (Å²) in [5.41, 5.74) is 6.99. The number of aromatic nitrogens is 2. The van der Waals surface area contributed by atoms with E-state index in [4.69, 9.17) is 5.73 Å². The third kappa shape index (κ3) is 2.60. The number of nitrogens with two attached hydrogens (primary N) is 1. The molecule has 3 N–H and O–H groups in total. The monoisotopic (exact) mass is 330 g/mol. The first-order valence-electron chi connectivity index (χ1n) is 7.61. The highest BCUT2D eigenvalue weighted by molar-refractivity contribution is 6.06. The molecule has 0 saturated heterocycles. The molecule has 0 bridgehead atoms. The molecule has 0 atom stereocenters. The van der Waals surface area contributed by atoms with Crippen LogP contribution in [0.5, 0.6) is 0 Å². The van der Waals surface area contributed by atoms with E-state index in [1.165, 1.54) is 18.2 Å². The third-order valence-corrected chi connectivity index (χ3v) is 3.87. The lowest BCUT2D eigenvalue weighted by atomic mass is 10.1. The van der Waals surface area contributed by atoms with Crippen LogP contribution in [0.25, 0.3) is 0 Å². The summed E-state index contributed by atoms with van der Waals surface area (Å²) in [6.45, 7) is 4.11. The van der Waals surface area contributed by atoms with Crippen molar-refractivity contribution in [2.45, 2.75) is 26.4 Å². The van der Waals surface area contributed by atoms with Crippen LogP contribution in [-0.2, 0) is 6.54 Å². The Labute approximate surface area is 139 Å². The predicted molar refractivity (Wildman–Crippen MR) is 91.6 cm³/mol. The fourth-order valence-electron chi connectivity index (χ4n) is 2.66. The van der Waals surface area contributed by atoms with Gasteiger partial charge in [0.2, 0.25) is 5.95 Å². The van der Waals surface area contributed by atoms with Gasteiger partial charge in [0.05, 0.1) is 12.2 Å². The fraction of sp³-hybridized carbons (Fsp3) is 0.312. The van der Waals surface area contributed by atoms with Crippen LogP contribution >= 0.6 is 0 Å². The average molecular weight is 330 g/mol. The number of carbonyl (C=O) groups is 1. The van der Waals surface area contributed by atoms with Crippen molar-refractivity contribution in [1.29, 1.82) is 0 Å². The van der Waals surface area contributed by atoms with Crippen molar-refractivity contribution in [2.75, 3.05) is 27.9 Å². The van der Waals surface area contributed by atoms with Crippen LogP contribution in [0.2, 0.25) is 0 Å². The molecule has 8 heteroatoms. The number of fused-ring (bicyclic) bond motifs is 1. The van der Waals surface area contributed by atoms with Crippen LogP contribution in [0.1, 0.15) is 19.4 Å². The molecule has 1 aliphatic heterocycles. The molecule has 2 amide bonds. The summed E-state index contributed by atoms with van der Waals surface area (Å²) >= 11 is 0. The highest BCUT2D eigenvalue weighted by atomic mass is 19.1. The molecule has 24 heavy (non-hydrogen) atoms. The molecule has 0 unspecified atom stereocenters. The van der Waals surface area contributed by atoms with Crippen LogP contribution in [-0.4, -0.2) is 29.1 Å². The predicted octanol–water partition coefficient (Wildman–Crippen LogP) is 2.59. The van der Waals surface area contributed by atoms with E-state index in [2.05, 4.69) is 15.3 Å². The first-order chi connectivity index (χ1) is 11.4. The number of nitrogens with one attached hydrogen (secondary N) is 1. The van der Waals surface area contributed by atoms with Gasteiger partial charge in [-0.25, -0.2) is 14.2 Å². The number of benzene rings is 1. The number of amides is 2. The molecule has 0 spiro atoms. The summed E-state index contributed by atoms with van der Waals surface area (Å²) < 4.78 is 13.4. The summed E-state index contributed by atoms with van der Waals surface area (Å²) in [5.74, 6) is 0.527. The van der Waals surface area contributed by atoms with Crippen LogP contribution in [0.15, 0.2) is 24.4 Å². The van der Waals surface area contributed by atoms with Crippen molar-refractivity contribution >= 4 is 29.2 Å². The van der Waals surface area contributed by atoms with Crippen molar-refractivity contribution < 1.29 is 9.18 Å². The van der Waals surface area contributed by atoms with Crippen LogP contribution in [0.3, 0.4) is 0 Å². The van der Waals surface area contributed by atoms with Gasteiger partial charge < -0.3 is 11.1 Å².